The summed E-state index contributed by atoms with van der Waals surface area (Å²) in [6.07, 6.45) is 3.26. The fourth-order valence-corrected chi connectivity index (χ4v) is 8.00. The number of anilines is 2. The first-order valence-corrected chi connectivity index (χ1v) is 16.0. The molecule has 0 amide bonds. The summed E-state index contributed by atoms with van der Waals surface area (Å²) in [4.78, 5) is 32.0. The first-order chi connectivity index (χ1) is 21.3. The van der Waals surface area contributed by atoms with E-state index in [2.05, 4.69) is 14.9 Å². The summed E-state index contributed by atoms with van der Waals surface area (Å²) in [5, 5.41) is 0.202. The van der Waals surface area contributed by atoms with Crippen molar-refractivity contribution in [2.24, 2.45) is 0 Å². The summed E-state index contributed by atoms with van der Waals surface area (Å²) in [5.41, 5.74) is 5.32. The van der Waals surface area contributed by atoms with Crippen LogP contribution in [0.25, 0.3) is 32.4 Å². The van der Waals surface area contributed by atoms with Gasteiger partial charge in [0.1, 0.15) is 35.3 Å². The molecule has 232 valence electrons. The lowest BCUT2D eigenvalue weighted by Gasteiger charge is -2.31. The van der Waals surface area contributed by atoms with E-state index in [0.717, 1.165) is 30.7 Å². The summed E-state index contributed by atoms with van der Waals surface area (Å²) in [6.45, 7) is 3.32. The van der Waals surface area contributed by atoms with Gasteiger partial charge in [-0.1, -0.05) is 11.3 Å². The molecule has 3 aliphatic heterocycles. The van der Waals surface area contributed by atoms with E-state index in [0.29, 0.717) is 58.5 Å². The first-order valence-electron chi connectivity index (χ1n) is 15.2. The molecule has 2 N–H and O–H groups in total. The highest BCUT2D eigenvalue weighted by atomic mass is 32.1. The van der Waals surface area contributed by atoms with E-state index < -0.39 is 28.9 Å². The number of benzene rings is 1. The molecule has 0 unspecified atom stereocenters. The highest BCUT2D eigenvalue weighted by Gasteiger charge is 2.49. The van der Waals surface area contributed by atoms with Crippen molar-refractivity contribution in [2.45, 2.75) is 56.3 Å². The molecule has 1 aliphatic carbocycles. The Kier molecular flexibility index (Phi) is 6.72. The molecule has 4 fully saturated rings. The molecule has 44 heavy (non-hydrogen) atoms. The van der Waals surface area contributed by atoms with Gasteiger partial charge >= 0.3 is 6.01 Å². The highest BCUT2D eigenvalue weighted by Crippen LogP contribution is 2.44. The number of fused-ring (bicyclic) bond motifs is 3. The van der Waals surface area contributed by atoms with Gasteiger partial charge in [-0.15, -0.1) is 0 Å². The monoisotopic (exact) mass is 627 g/mol. The van der Waals surface area contributed by atoms with Gasteiger partial charge in [0, 0.05) is 44.3 Å². The molecule has 8 rings (SSSR count). The predicted octanol–water partition coefficient (Wildman–Crippen LogP) is 4.45. The lowest BCUT2D eigenvalue weighted by Crippen LogP contribution is -2.43. The topological polar surface area (TPSA) is 112 Å². The molecule has 3 saturated heterocycles. The summed E-state index contributed by atoms with van der Waals surface area (Å²) >= 11 is 0.970. The van der Waals surface area contributed by atoms with Crippen molar-refractivity contribution in [2.75, 3.05) is 56.6 Å². The van der Waals surface area contributed by atoms with Crippen molar-refractivity contribution in [3.05, 3.63) is 34.1 Å². The Balaban J connectivity index is 1.33. The van der Waals surface area contributed by atoms with Gasteiger partial charge in [0.15, 0.2) is 10.9 Å². The van der Waals surface area contributed by atoms with E-state index in [4.69, 9.17) is 20.2 Å². The number of alkyl halides is 1. The zero-order valence-corrected chi connectivity index (χ0v) is 24.8. The zero-order valence-electron chi connectivity index (χ0n) is 24.0. The van der Waals surface area contributed by atoms with Gasteiger partial charge in [0.2, 0.25) is 0 Å². The third kappa shape index (κ3) is 4.52. The second-order valence-electron chi connectivity index (χ2n) is 12.3. The molecule has 4 aliphatic rings. The third-order valence-corrected chi connectivity index (χ3v) is 10.3. The number of nitrogen functional groups attached to an aromatic ring is 1. The number of rotatable bonds is 6. The number of thiazole rings is 1. The summed E-state index contributed by atoms with van der Waals surface area (Å²) in [5.74, 6) is -0.972. The summed E-state index contributed by atoms with van der Waals surface area (Å²) in [7, 11) is 0. The molecule has 14 heteroatoms. The van der Waals surface area contributed by atoms with Crippen molar-refractivity contribution >= 4 is 43.4 Å². The van der Waals surface area contributed by atoms with E-state index in [1.165, 1.54) is 16.7 Å². The normalized spacial score (nSPS) is 24.3. The van der Waals surface area contributed by atoms with Crippen molar-refractivity contribution in [3.8, 4) is 17.3 Å². The van der Waals surface area contributed by atoms with Crippen LogP contribution in [0.5, 0.6) is 6.01 Å². The smallest absolute Gasteiger partial charge is 0.319 e. The van der Waals surface area contributed by atoms with Gasteiger partial charge in [0.25, 0.3) is 5.56 Å². The van der Waals surface area contributed by atoms with Crippen LogP contribution in [0.1, 0.15) is 44.6 Å². The van der Waals surface area contributed by atoms with Crippen LogP contribution >= 0.6 is 11.3 Å². The van der Waals surface area contributed by atoms with Crippen LogP contribution in [0.4, 0.5) is 24.1 Å². The lowest BCUT2D eigenvalue weighted by atomic mass is 9.95. The molecular weight excluding hydrogens is 595 g/mol. The maximum atomic E-state index is 17.1. The minimum absolute atomic E-state index is 0.00766. The van der Waals surface area contributed by atoms with Gasteiger partial charge in [-0.25, -0.2) is 18.2 Å². The Bertz CT molecular complexity index is 1840. The SMILES string of the molecule is Nc1nc2c(-c3c(F)c4nc(OC[C@@]56CCCN5C[C@H](F)C6)nc(N5CCCOCC5)c4c(=O)n3C3CC3)ccc(F)c2s1. The molecule has 10 nitrogen and oxygen atoms in total. The molecule has 1 saturated carbocycles. The quantitative estimate of drug-likeness (QED) is 0.332. The summed E-state index contributed by atoms with van der Waals surface area (Å²) < 4.78 is 59.8. The molecule has 0 radical (unpaired) electrons. The maximum absolute atomic E-state index is 17.1. The third-order valence-electron chi connectivity index (χ3n) is 9.39. The average Bonchev–Trinajstić information content (AvgIpc) is 3.64. The molecule has 2 atom stereocenters. The lowest BCUT2D eigenvalue weighted by molar-refractivity contribution is 0.107. The first kappa shape index (κ1) is 28.0. The molecule has 6 heterocycles. The summed E-state index contributed by atoms with van der Waals surface area (Å²) in [6, 6.07) is 2.38. The highest BCUT2D eigenvalue weighted by molar-refractivity contribution is 7.22. The zero-order chi connectivity index (χ0) is 30.2. The number of ether oxygens (including phenoxy) is 2. The maximum Gasteiger partial charge on any atom is 0.319 e. The van der Waals surface area contributed by atoms with Crippen molar-refractivity contribution in [3.63, 3.8) is 0 Å². The predicted molar refractivity (Wildman–Crippen MR) is 161 cm³/mol. The Hall–Kier alpha value is -3.49. The molecule has 0 bridgehead atoms. The fourth-order valence-electron chi connectivity index (χ4n) is 7.24. The standard InChI is InChI=1S/C30H32F3N7O3S/c31-16-13-30(7-1-9-39(30)14-16)15-43-29-36-23-20(26(37-29)38-8-2-11-42-12-10-38)27(41)40(17-3-4-17)24(21(23)33)18-5-6-19(32)25-22(18)35-28(34)44-25/h5-6,16-17H,1-4,7-15H2,(H2,34,35)/t16-,30+/m1/s1. The molecular formula is C30H32F3N7O3S. The number of pyridine rings is 1. The minimum atomic E-state index is -0.933. The van der Waals surface area contributed by atoms with E-state index >= 15 is 4.39 Å². The van der Waals surface area contributed by atoms with E-state index in [9.17, 15) is 13.6 Å². The van der Waals surface area contributed by atoms with Crippen LogP contribution in [-0.2, 0) is 4.74 Å². The van der Waals surface area contributed by atoms with Gasteiger partial charge in [-0.3, -0.25) is 9.69 Å². The van der Waals surface area contributed by atoms with Crippen LogP contribution in [0.15, 0.2) is 16.9 Å². The van der Waals surface area contributed by atoms with Crippen molar-refractivity contribution < 1.29 is 22.6 Å². The van der Waals surface area contributed by atoms with Crippen LogP contribution in [-0.4, -0.2) is 82.1 Å². The average molecular weight is 628 g/mol. The van der Waals surface area contributed by atoms with E-state index in [1.807, 2.05) is 4.90 Å². The second kappa shape index (κ2) is 10.6. The van der Waals surface area contributed by atoms with Crippen LogP contribution < -0.4 is 20.9 Å². The Labute approximate surface area is 254 Å². The van der Waals surface area contributed by atoms with Gasteiger partial charge < -0.3 is 24.7 Å². The number of hydrogen-bond acceptors (Lipinski definition) is 10. The molecule has 1 aromatic carbocycles. The largest absolute Gasteiger partial charge is 0.461 e. The Morgan fingerprint density at radius 3 is 2.80 bits per heavy atom. The molecule has 3 aromatic heterocycles. The van der Waals surface area contributed by atoms with E-state index in [1.54, 1.807) is 0 Å². The Morgan fingerprint density at radius 2 is 1.95 bits per heavy atom. The van der Waals surface area contributed by atoms with Gasteiger partial charge in [-0.2, -0.15) is 9.97 Å². The molecule has 4 aromatic rings. The molecule has 0 spiro atoms. The number of nitrogens with two attached hydrogens (primary N) is 1. The second-order valence-corrected chi connectivity index (χ2v) is 13.3. The van der Waals surface area contributed by atoms with Crippen LogP contribution in [0.2, 0.25) is 0 Å². The fraction of sp³-hybridized carbons (Fsp3) is 0.533. The van der Waals surface area contributed by atoms with Gasteiger partial charge in [0.05, 0.1) is 28.1 Å². The number of hydrogen-bond donors (Lipinski definition) is 1. The van der Waals surface area contributed by atoms with Gasteiger partial charge in [-0.05, 0) is 50.8 Å². The van der Waals surface area contributed by atoms with Crippen molar-refractivity contribution in [1.29, 1.82) is 0 Å². The number of halogens is 3. The minimum Gasteiger partial charge on any atom is -0.461 e. The van der Waals surface area contributed by atoms with Crippen LogP contribution in [0, 0.1) is 11.6 Å². The van der Waals surface area contributed by atoms with Crippen molar-refractivity contribution in [1.82, 2.24) is 24.4 Å². The number of nitrogens with zero attached hydrogens (tertiary/aromatic N) is 6. The number of aromatic nitrogens is 4. The Morgan fingerprint density at radius 1 is 1.09 bits per heavy atom. The van der Waals surface area contributed by atoms with Crippen LogP contribution in [0.3, 0.4) is 0 Å². The van der Waals surface area contributed by atoms with E-state index in [-0.39, 0.29) is 62.0 Å².